The normalized spacial score (nSPS) is 11.5. The molecule has 1 atom stereocenters. The Morgan fingerprint density at radius 2 is 1.76 bits per heavy atom. The largest absolute Gasteiger partial charge is 0.494 e. The number of hydrogen-bond donors (Lipinski definition) is 2. The lowest BCUT2D eigenvalue weighted by Gasteiger charge is -2.19. The Balaban J connectivity index is 2.12. The maximum absolute atomic E-state index is 12.5. The zero-order chi connectivity index (χ0) is 18.2. The van der Waals surface area contributed by atoms with Crippen molar-refractivity contribution in [3.05, 3.63) is 48.0 Å². The first-order valence-electron chi connectivity index (χ1n) is 8.57. The fourth-order valence-corrected chi connectivity index (χ4v) is 2.41. The van der Waals surface area contributed by atoms with Gasteiger partial charge in [0.15, 0.2) is 0 Å². The molecule has 0 aliphatic heterocycles. The smallest absolute Gasteiger partial charge is 0.246 e. The van der Waals surface area contributed by atoms with Gasteiger partial charge in [-0.2, -0.15) is 0 Å². The molecular formula is C20H26N2O3. The van der Waals surface area contributed by atoms with Gasteiger partial charge in [0, 0.05) is 11.8 Å². The van der Waals surface area contributed by atoms with Gasteiger partial charge in [-0.25, -0.2) is 0 Å². The molecule has 2 rings (SSSR count). The number of carbonyl (C=O) groups is 1. The first kappa shape index (κ1) is 18.6. The topological polar surface area (TPSA) is 59.6 Å². The molecule has 134 valence electrons. The molecule has 2 N–H and O–H groups in total. The van der Waals surface area contributed by atoms with Gasteiger partial charge in [0.05, 0.1) is 18.9 Å². The van der Waals surface area contributed by atoms with Gasteiger partial charge in [-0.15, -0.1) is 0 Å². The summed E-state index contributed by atoms with van der Waals surface area (Å²) >= 11 is 0. The van der Waals surface area contributed by atoms with Crippen LogP contribution in [0.2, 0.25) is 0 Å². The van der Waals surface area contributed by atoms with E-state index in [-0.39, 0.29) is 5.91 Å². The zero-order valence-corrected chi connectivity index (χ0v) is 15.3. The Morgan fingerprint density at radius 3 is 2.44 bits per heavy atom. The zero-order valence-electron chi connectivity index (χ0n) is 15.3. The second kappa shape index (κ2) is 8.97. The molecule has 0 saturated heterocycles. The number of carbonyl (C=O) groups excluding carboxylic acids is 1. The summed E-state index contributed by atoms with van der Waals surface area (Å²) in [4.78, 5) is 12.5. The lowest BCUT2D eigenvalue weighted by atomic mass is 10.2. The van der Waals surface area contributed by atoms with Crippen LogP contribution in [0, 0.1) is 6.92 Å². The number of ether oxygens (including phenoxy) is 2. The van der Waals surface area contributed by atoms with Crippen LogP contribution in [0.3, 0.4) is 0 Å². The van der Waals surface area contributed by atoms with E-state index in [0.717, 1.165) is 22.7 Å². The summed E-state index contributed by atoms with van der Waals surface area (Å²) in [7, 11) is 0. The molecule has 0 aromatic heterocycles. The highest BCUT2D eigenvalue weighted by atomic mass is 16.5. The molecule has 0 fully saturated rings. The minimum Gasteiger partial charge on any atom is -0.494 e. The quantitative estimate of drug-likeness (QED) is 0.754. The SMILES string of the molecule is CCOc1ccc(OCC)c(NC(C)C(=O)Nc2ccccc2C)c1. The van der Waals surface area contributed by atoms with Gasteiger partial charge in [-0.3, -0.25) is 4.79 Å². The molecule has 2 aromatic carbocycles. The summed E-state index contributed by atoms with van der Waals surface area (Å²) in [5.74, 6) is 1.32. The number of anilines is 2. The summed E-state index contributed by atoms with van der Waals surface area (Å²) in [6.45, 7) is 8.77. The molecule has 5 heteroatoms. The Morgan fingerprint density at radius 1 is 1.04 bits per heavy atom. The molecule has 1 amide bonds. The monoisotopic (exact) mass is 342 g/mol. The van der Waals surface area contributed by atoms with Crippen molar-refractivity contribution in [2.45, 2.75) is 33.7 Å². The number of nitrogens with one attached hydrogen (secondary N) is 2. The Bertz CT molecular complexity index is 716. The minimum atomic E-state index is -0.435. The van der Waals surface area contributed by atoms with Crippen molar-refractivity contribution in [2.24, 2.45) is 0 Å². The maximum Gasteiger partial charge on any atom is 0.246 e. The second-order valence-electron chi connectivity index (χ2n) is 5.69. The summed E-state index contributed by atoms with van der Waals surface area (Å²) in [6.07, 6.45) is 0. The molecule has 2 aromatic rings. The Hall–Kier alpha value is -2.69. The van der Waals surface area contributed by atoms with E-state index in [1.165, 1.54) is 0 Å². The number of benzene rings is 2. The first-order chi connectivity index (χ1) is 12.0. The predicted octanol–water partition coefficient (Wildman–Crippen LogP) is 4.23. The standard InChI is InChI=1S/C20H26N2O3/c1-5-24-16-11-12-19(25-6-2)18(13-16)21-15(4)20(23)22-17-10-8-7-9-14(17)3/h7-13,15,21H,5-6H2,1-4H3,(H,22,23). The van der Waals surface area contributed by atoms with E-state index in [1.54, 1.807) is 0 Å². The molecule has 1 unspecified atom stereocenters. The highest BCUT2D eigenvalue weighted by Crippen LogP contribution is 2.30. The molecule has 0 aliphatic carbocycles. The Labute approximate surface area is 149 Å². The van der Waals surface area contributed by atoms with Crippen LogP contribution in [0.4, 0.5) is 11.4 Å². The van der Waals surface area contributed by atoms with Gasteiger partial charge in [0.1, 0.15) is 17.5 Å². The van der Waals surface area contributed by atoms with Crippen molar-refractivity contribution in [1.29, 1.82) is 0 Å². The van der Waals surface area contributed by atoms with Crippen LogP contribution in [0.1, 0.15) is 26.3 Å². The van der Waals surface area contributed by atoms with E-state index in [9.17, 15) is 4.79 Å². The van der Waals surface area contributed by atoms with Crippen molar-refractivity contribution in [3.8, 4) is 11.5 Å². The molecule has 0 bridgehead atoms. The van der Waals surface area contributed by atoms with E-state index in [2.05, 4.69) is 10.6 Å². The lowest BCUT2D eigenvalue weighted by molar-refractivity contribution is -0.116. The molecule has 0 heterocycles. The van der Waals surface area contributed by atoms with E-state index >= 15 is 0 Å². The van der Waals surface area contributed by atoms with Gasteiger partial charge in [0.2, 0.25) is 5.91 Å². The fourth-order valence-electron chi connectivity index (χ4n) is 2.41. The number of rotatable bonds is 8. The van der Waals surface area contributed by atoms with Gasteiger partial charge in [-0.1, -0.05) is 18.2 Å². The molecule has 5 nitrogen and oxygen atoms in total. The summed E-state index contributed by atoms with van der Waals surface area (Å²) in [5.41, 5.74) is 2.57. The number of para-hydroxylation sites is 1. The van der Waals surface area contributed by atoms with Crippen LogP contribution in [0.25, 0.3) is 0 Å². The fraction of sp³-hybridized carbons (Fsp3) is 0.350. The molecule has 0 aliphatic rings. The highest BCUT2D eigenvalue weighted by Gasteiger charge is 2.16. The second-order valence-corrected chi connectivity index (χ2v) is 5.69. The first-order valence-corrected chi connectivity index (χ1v) is 8.57. The van der Waals surface area contributed by atoms with Crippen molar-refractivity contribution in [1.82, 2.24) is 0 Å². The van der Waals surface area contributed by atoms with E-state index in [0.29, 0.717) is 19.0 Å². The van der Waals surface area contributed by atoms with Crippen LogP contribution in [-0.4, -0.2) is 25.2 Å². The van der Waals surface area contributed by atoms with Crippen LogP contribution >= 0.6 is 0 Å². The average Bonchev–Trinajstić information content (AvgIpc) is 2.59. The molecule has 0 saturated carbocycles. The van der Waals surface area contributed by atoms with Crippen LogP contribution in [0.5, 0.6) is 11.5 Å². The minimum absolute atomic E-state index is 0.112. The van der Waals surface area contributed by atoms with E-state index in [4.69, 9.17) is 9.47 Å². The average molecular weight is 342 g/mol. The van der Waals surface area contributed by atoms with Crippen molar-refractivity contribution in [3.63, 3.8) is 0 Å². The van der Waals surface area contributed by atoms with Crippen LogP contribution in [0.15, 0.2) is 42.5 Å². The number of amides is 1. The third kappa shape index (κ3) is 5.14. The molecule has 0 spiro atoms. The molecular weight excluding hydrogens is 316 g/mol. The van der Waals surface area contributed by atoms with Crippen LogP contribution < -0.4 is 20.1 Å². The predicted molar refractivity (Wildman–Crippen MR) is 102 cm³/mol. The Kier molecular flexibility index (Phi) is 6.69. The van der Waals surface area contributed by atoms with Crippen molar-refractivity contribution < 1.29 is 14.3 Å². The highest BCUT2D eigenvalue weighted by molar-refractivity contribution is 5.97. The van der Waals surface area contributed by atoms with Gasteiger partial charge < -0.3 is 20.1 Å². The number of hydrogen-bond acceptors (Lipinski definition) is 4. The summed E-state index contributed by atoms with van der Waals surface area (Å²) in [6, 6.07) is 12.8. The van der Waals surface area contributed by atoms with Gasteiger partial charge in [0.25, 0.3) is 0 Å². The van der Waals surface area contributed by atoms with Gasteiger partial charge >= 0.3 is 0 Å². The summed E-state index contributed by atoms with van der Waals surface area (Å²) < 4.78 is 11.2. The van der Waals surface area contributed by atoms with Crippen molar-refractivity contribution in [2.75, 3.05) is 23.8 Å². The summed E-state index contributed by atoms with van der Waals surface area (Å²) in [5, 5.41) is 6.16. The van der Waals surface area contributed by atoms with E-state index in [1.807, 2.05) is 70.2 Å². The molecule has 0 radical (unpaired) electrons. The molecule has 25 heavy (non-hydrogen) atoms. The third-order valence-electron chi connectivity index (χ3n) is 3.73. The third-order valence-corrected chi connectivity index (χ3v) is 3.73. The van der Waals surface area contributed by atoms with E-state index < -0.39 is 6.04 Å². The van der Waals surface area contributed by atoms with Crippen LogP contribution in [-0.2, 0) is 4.79 Å². The maximum atomic E-state index is 12.5. The van der Waals surface area contributed by atoms with Crippen molar-refractivity contribution >= 4 is 17.3 Å². The van der Waals surface area contributed by atoms with Gasteiger partial charge in [-0.05, 0) is 51.5 Å². The number of aryl methyl sites for hydroxylation is 1. The lowest BCUT2D eigenvalue weighted by Crippen LogP contribution is -2.32.